The molecule has 2 aliphatic heterocycles. The number of carbonyl (C=O) groups is 2. The highest BCUT2D eigenvalue weighted by Crippen LogP contribution is 2.33. The van der Waals surface area contributed by atoms with Gasteiger partial charge in [-0.05, 0) is 37.1 Å². The zero-order chi connectivity index (χ0) is 22.8. The van der Waals surface area contributed by atoms with Gasteiger partial charge >= 0.3 is 0 Å². The van der Waals surface area contributed by atoms with E-state index in [9.17, 15) is 9.59 Å². The van der Waals surface area contributed by atoms with Crippen LogP contribution >= 0.6 is 0 Å². The molecule has 0 aromatic heterocycles. The SMILES string of the molecule is Cc1ccc(N2CCN(CCC(=O)N3c4ccccc4CC3C(=O)N(C)C)CC2)c(C)c1. The van der Waals surface area contributed by atoms with Crippen LogP contribution in [0.15, 0.2) is 42.5 Å². The summed E-state index contributed by atoms with van der Waals surface area (Å²) in [6.45, 7) is 8.84. The van der Waals surface area contributed by atoms with Crippen LogP contribution in [-0.4, -0.2) is 74.5 Å². The fraction of sp³-hybridized carbons (Fsp3) is 0.462. The van der Waals surface area contributed by atoms with E-state index >= 15 is 0 Å². The smallest absolute Gasteiger partial charge is 0.245 e. The quantitative estimate of drug-likeness (QED) is 0.726. The number of fused-ring (bicyclic) bond motifs is 1. The Morgan fingerprint density at radius 1 is 0.969 bits per heavy atom. The first-order chi connectivity index (χ1) is 15.3. The summed E-state index contributed by atoms with van der Waals surface area (Å²) < 4.78 is 0. The van der Waals surface area contributed by atoms with Gasteiger partial charge in [0, 0.05) is 71.0 Å². The van der Waals surface area contributed by atoms with Crippen LogP contribution < -0.4 is 9.80 Å². The average molecular weight is 435 g/mol. The molecule has 2 amide bonds. The Hall–Kier alpha value is -2.86. The summed E-state index contributed by atoms with van der Waals surface area (Å²) >= 11 is 0. The Morgan fingerprint density at radius 2 is 1.69 bits per heavy atom. The van der Waals surface area contributed by atoms with Crippen LogP contribution in [0.4, 0.5) is 11.4 Å². The number of carbonyl (C=O) groups excluding carboxylic acids is 2. The molecule has 2 aromatic rings. The molecule has 2 aliphatic rings. The molecule has 32 heavy (non-hydrogen) atoms. The van der Waals surface area contributed by atoms with Crippen molar-refractivity contribution in [3.05, 3.63) is 59.2 Å². The molecule has 0 spiro atoms. The van der Waals surface area contributed by atoms with E-state index in [-0.39, 0.29) is 11.8 Å². The molecular weight excluding hydrogens is 400 g/mol. The molecule has 0 N–H and O–H groups in total. The topological polar surface area (TPSA) is 47.1 Å². The summed E-state index contributed by atoms with van der Waals surface area (Å²) in [7, 11) is 3.51. The Bertz CT molecular complexity index is 995. The van der Waals surface area contributed by atoms with Crippen molar-refractivity contribution in [3.63, 3.8) is 0 Å². The molecule has 1 atom stereocenters. The van der Waals surface area contributed by atoms with Crippen LogP contribution in [0.2, 0.25) is 0 Å². The molecule has 0 saturated carbocycles. The predicted octanol–water partition coefficient (Wildman–Crippen LogP) is 2.86. The molecule has 2 heterocycles. The van der Waals surface area contributed by atoms with Gasteiger partial charge in [0.2, 0.25) is 11.8 Å². The molecule has 1 saturated heterocycles. The second kappa shape index (κ2) is 9.33. The maximum atomic E-state index is 13.3. The molecular formula is C26H34N4O2. The number of nitrogens with zero attached hydrogens (tertiary/aromatic N) is 4. The van der Waals surface area contributed by atoms with E-state index in [0.29, 0.717) is 12.8 Å². The molecule has 170 valence electrons. The molecule has 4 rings (SSSR count). The molecule has 0 radical (unpaired) electrons. The van der Waals surface area contributed by atoms with Crippen LogP contribution in [0, 0.1) is 13.8 Å². The number of benzene rings is 2. The van der Waals surface area contributed by atoms with Gasteiger partial charge < -0.3 is 9.80 Å². The van der Waals surface area contributed by atoms with E-state index in [1.165, 1.54) is 16.8 Å². The highest BCUT2D eigenvalue weighted by Gasteiger charge is 2.38. The summed E-state index contributed by atoms with van der Waals surface area (Å²) in [5.74, 6) is 0.0172. The van der Waals surface area contributed by atoms with E-state index in [0.717, 1.165) is 44.0 Å². The van der Waals surface area contributed by atoms with Crippen molar-refractivity contribution in [3.8, 4) is 0 Å². The number of rotatable bonds is 5. The highest BCUT2D eigenvalue weighted by molar-refractivity contribution is 6.03. The monoisotopic (exact) mass is 434 g/mol. The number of anilines is 2. The van der Waals surface area contributed by atoms with Crippen molar-refractivity contribution >= 4 is 23.2 Å². The second-order valence-corrected chi connectivity index (χ2v) is 9.21. The Kier molecular flexibility index (Phi) is 6.51. The lowest BCUT2D eigenvalue weighted by molar-refractivity contribution is -0.132. The first-order valence-electron chi connectivity index (χ1n) is 11.5. The third kappa shape index (κ3) is 4.51. The lowest BCUT2D eigenvalue weighted by Crippen LogP contribution is -2.50. The molecule has 0 bridgehead atoms. The van der Waals surface area contributed by atoms with Crippen molar-refractivity contribution in [1.29, 1.82) is 0 Å². The maximum absolute atomic E-state index is 13.3. The van der Waals surface area contributed by atoms with Crippen LogP contribution in [0.25, 0.3) is 0 Å². The van der Waals surface area contributed by atoms with Crippen LogP contribution in [-0.2, 0) is 16.0 Å². The maximum Gasteiger partial charge on any atom is 0.245 e. The first-order valence-corrected chi connectivity index (χ1v) is 11.5. The van der Waals surface area contributed by atoms with Crippen LogP contribution in [0.3, 0.4) is 0 Å². The van der Waals surface area contributed by atoms with Gasteiger partial charge in [-0.3, -0.25) is 19.4 Å². The summed E-state index contributed by atoms with van der Waals surface area (Å²) in [5, 5.41) is 0. The molecule has 1 unspecified atom stereocenters. The Balaban J connectivity index is 1.36. The predicted molar refractivity (Wildman–Crippen MR) is 129 cm³/mol. The molecule has 6 nitrogen and oxygen atoms in total. The van der Waals surface area contributed by atoms with Gasteiger partial charge in [-0.2, -0.15) is 0 Å². The Labute approximate surface area is 191 Å². The van der Waals surface area contributed by atoms with Crippen molar-refractivity contribution in [1.82, 2.24) is 9.80 Å². The van der Waals surface area contributed by atoms with Crippen LogP contribution in [0.1, 0.15) is 23.1 Å². The van der Waals surface area contributed by atoms with Gasteiger partial charge in [-0.1, -0.05) is 35.9 Å². The number of para-hydroxylation sites is 1. The molecule has 2 aromatic carbocycles. The average Bonchev–Trinajstić information content (AvgIpc) is 3.17. The number of hydrogen-bond acceptors (Lipinski definition) is 4. The van der Waals surface area contributed by atoms with Gasteiger partial charge in [0.25, 0.3) is 0 Å². The third-order valence-electron chi connectivity index (χ3n) is 6.68. The standard InChI is InChI=1S/C26H34N4O2/c1-19-9-10-22(20(2)17-19)29-15-13-28(14-16-29)12-11-25(31)30-23-8-6-5-7-21(23)18-24(30)26(32)27(3)4/h5-10,17,24H,11-16,18H2,1-4H3. The normalized spacial score (nSPS) is 18.6. The van der Waals surface area contributed by atoms with E-state index in [1.807, 2.05) is 24.3 Å². The van der Waals surface area contributed by atoms with E-state index in [2.05, 4.69) is 41.8 Å². The number of aryl methyl sites for hydroxylation is 2. The van der Waals surface area contributed by atoms with E-state index in [1.54, 1.807) is 23.9 Å². The lowest BCUT2D eigenvalue weighted by atomic mass is 10.1. The Morgan fingerprint density at radius 3 is 2.38 bits per heavy atom. The van der Waals surface area contributed by atoms with Gasteiger partial charge in [0.1, 0.15) is 6.04 Å². The third-order valence-corrected chi connectivity index (χ3v) is 6.68. The number of hydrogen-bond donors (Lipinski definition) is 0. The van der Waals surface area contributed by atoms with Crippen molar-refractivity contribution in [2.75, 3.05) is 56.6 Å². The van der Waals surface area contributed by atoms with E-state index < -0.39 is 6.04 Å². The number of amides is 2. The van der Waals surface area contributed by atoms with Crippen LogP contribution in [0.5, 0.6) is 0 Å². The summed E-state index contributed by atoms with van der Waals surface area (Å²) in [6.07, 6.45) is 1.02. The van der Waals surface area contributed by atoms with Gasteiger partial charge in [-0.15, -0.1) is 0 Å². The number of piperazine rings is 1. The molecule has 0 aliphatic carbocycles. The zero-order valence-electron chi connectivity index (χ0n) is 19.7. The lowest BCUT2D eigenvalue weighted by Gasteiger charge is -2.37. The summed E-state index contributed by atoms with van der Waals surface area (Å²) in [4.78, 5) is 34.2. The number of likely N-dealkylation sites (N-methyl/N-ethyl adjacent to an activating group) is 1. The summed E-state index contributed by atoms with van der Waals surface area (Å²) in [5.41, 5.74) is 5.88. The minimum Gasteiger partial charge on any atom is -0.369 e. The minimum atomic E-state index is -0.434. The second-order valence-electron chi connectivity index (χ2n) is 9.21. The van der Waals surface area contributed by atoms with Gasteiger partial charge in [0.05, 0.1) is 0 Å². The summed E-state index contributed by atoms with van der Waals surface area (Å²) in [6, 6.07) is 14.1. The van der Waals surface area contributed by atoms with Crippen molar-refractivity contribution < 1.29 is 9.59 Å². The van der Waals surface area contributed by atoms with Gasteiger partial charge in [-0.25, -0.2) is 0 Å². The molecule has 1 fully saturated rings. The zero-order valence-corrected chi connectivity index (χ0v) is 19.7. The minimum absolute atomic E-state index is 0.0170. The first kappa shape index (κ1) is 22.3. The van der Waals surface area contributed by atoms with Crippen molar-refractivity contribution in [2.24, 2.45) is 0 Å². The van der Waals surface area contributed by atoms with E-state index in [4.69, 9.17) is 0 Å². The fourth-order valence-electron chi connectivity index (χ4n) is 4.94. The van der Waals surface area contributed by atoms with Gasteiger partial charge in [0.15, 0.2) is 0 Å². The molecule has 6 heteroatoms. The van der Waals surface area contributed by atoms with Crippen molar-refractivity contribution in [2.45, 2.75) is 32.7 Å². The fourth-order valence-corrected chi connectivity index (χ4v) is 4.94. The largest absolute Gasteiger partial charge is 0.369 e. The highest BCUT2D eigenvalue weighted by atomic mass is 16.2.